The van der Waals surface area contributed by atoms with Crippen LogP contribution in [0.4, 0.5) is 10.2 Å². The number of carboxylic acids is 1. The van der Waals surface area contributed by atoms with Crippen molar-refractivity contribution in [3.05, 3.63) is 82.8 Å². The number of nitrogens with one attached hydrogen (secondary N) is 1. The van der Waals surface area contributed by atoms with E-state index in [4.69, 9.17) is 0 Å². The smallest absolute Gasteiger partial charge is 0.356 e. The van der Waals surface area contributed by atoms with Gasteiger partial charge in [0.25, 0.3) is 5.91 Å². The van der Waals surface area contributed by atoms with E-state index in [2.05, 4.69) is 10.4 Å². The molecule has 2 aromatic carbocycles. The van der Waals surface area contributed by atoms with Crippen LogP contribution in [-0.2, 0) is 6.54 Å². The molecule has 0 unspecified atom stereocenters. The summed E-state index contributed by atoms with van der Waals surface area (Å²) in [6.07, 6.45) is 0. The number of amides is 1. The molecule has 2 N–H and O–H groups in total. The largest absolute Gasteiger partial charge is 0.476 e. The molecule has 0 atom stereocenters. The Bertz CT molecular complexity index is 1040. The minimum Gasteiger partial charge on any atom is -0.476 e. The predicted molar refractivity (Wildman–Crippen MR) is 99.1 cm³/mol. The topological polar surface area (TPSA) is 101 Å². The number of hydrogen-bond donors (Lipinski definition) is 2. The van der Waals surface area contributed by atoms with Crippen molar-refractivity contribution < 1.29 is 23.9 Å². The van der Waals surface area contributed by atoms with E-state index in [9.17, 15) is 23.9 Å². The molecule has 0 fully saturated rings. The number of carbonyl (C=O) groups is 3. The Morgan fingerprint density at radius 1 is 1.04 bits per heavy atom. The molecular formula is C20H16FN3O4. The number of aromatic carboxylic acids is 1. The predicted octanol–water partition coefficient (Wildman–Crippen LogP) is 3.22. The summed E-state index contributed by atoms with van der Waals surface area (Å²) < 4.78 is 14.4. The van der Waals surface area contributed by atoms with E-state index in [-0.39, 0.29) is 23.8 Å². The number of halogens is 1. The summed E-state index contributed by atoms with van der Waals surface area (Å²) in [7, 11) is 0. The van der Waals surface area contributed by atoms with Crippen LogP contribution in [0.5, 0.6) is 0 Å². The molecule has 8 heteroatoms. The maximum Gasteiger partial charge on any atom is 0.356 e. The number of carboxylic acid groups (broad SMARTS) is 1. The van der Waals surface area contributed by atoms with Gasteiger partial charge in [-0.25, -0.2) is 13.9 Å². The van der Waals surface area contributed by atoms with Crippen molar-refractivity contribution in [2.45, 2.75) is 13.5 Å². The van der Waals surface area contributed by atoms with Crippen LogP contribution < -0.4 is 5.32 Å². The summed E-state index contributed by atoms with van der Waals surface area (Å²) >= 11 is 0. The third kappa shape index (κ3) is 4.29. The Hall–Kier alpha value is -3.81. The highest BCUT2D eigenvalue weighted by Crippen LogP contribution is 2.16. The Labute approximate surface area is 159 Å². The molecule has 1 heterocycles. The van der Waals surface area contributed by atoms with Gasteiger partial charge in [0.1, 0.15) is 11.6 Å². The van der Waals surface area contributed by atoms with Gasteiger partial charge < -0.3 is 10.4 Å². The van der Waals surface area contributed by atoms with Crippen LogP contribution in [0.25, 0.3) is 0 Å². The number of carbonyl (C=O) groups excluding carboxylic acids is 2. The first-order chi connectivity index (χ1) is 13.3. The Morgan fingerprint density at radius 2 is 1.64 bits per heavy atom. The lowest BCUT2D eigenvalue weighted by Crippen LogP contribution is -2.16. The quantitative estimate of drug-likeness (QED) is 0.639. The molecule has 0 spiro atoms. The molecule has 142 valence electrons. The molecule has 7 nitrogen and oxygen atoms in total. The standard InChI is InChI=1S/C20H16FN3O4/c1-12(25)14-4-6-15(7-5-14)19(26)22-18-10-17(20(27)28)23-24(18)11-13-2-8-16(21)9-3-13/h2-10H,11H2,1H3,(H,22,26)(H,27,28). The van der Waals surface area contributed by atoms with Crippen molar-refractivity contribution in [3.63, 3.8) is 0 Å². The number of hydrogen-bond acceptors (Lipinski definition) is 4. The van der Waals surface area contributed by atoms with Gasteiger partial charge >= 0.3 is 5.97 Å². The van der Waals surface area contributed by atoms with Crippen LogP contribution in [0, 0.1) is 5.82 Å². The molecule has 0 aliphatic heterocycles. The fraction of sp³-hybridized carbons (Fsp3) is 0.100. The van der Waals surface area contributed by atoms with Crippen LogP contribution in [0.1, 0.15) is 43.7 Å². The highest BCUT2D eigenvalue weighted by molar-refractivity contribution is 6.05. The van der Waals surface area contributed by atoms with E-state index in [1.807, 2.05) is 0 Å². The number of Topliss-reactive ketones (excluding diaryl/α,β-unsaturated/α-hetero) is 1. The first-order valence-electron chi connectivity index (χ1n) is 8.31. The van der Waals surface area contributed by atoms with Crippen LogP contribution in [-0.4, -0.2) is 32.5 Å². The number of aromatic nitrogens is 2. The second-order valence-corrected chi connectivity index (χ2v) is 6.09. The molecule has 28 heavy (non-hydrogen) atoms. The van der Waals surface area contributed by atoms with Crippen molar-refractivity contribution in [2.24, 2.45) is 0 Å². The van der Waals surface area contributed by atoms with E-state index in [1.54, 1.807) is 12.1 Å². The van der Waals surface area contributed by atoms with E-state index >= 15 is 0 Å². The molecule has 3 rings (SSSR count). The third-order valence-corrected chi connectivity index (χ3v) is 4.04. The number of benzene rings is 2. The molecule has 0 aliphatic rings. The molecular weight excluding hydrogens is 365 g/mol. The lowest BCUT2D eigenvalue weighted by molar-refractivity contribution is 0.0689. The zero-order chi connectivity index (χ0) is 20.3. The van der Waals surface area contributed by atoms with Gasteiger partial charge in [0.2, 0.25) is 0 Å². The summed E-state index contributed by atoms with van der Waals surface area (Å²) in [6.45, 7) is 1.57. The van der Waals surface area contributed by atoms with E-state index in [1.165, 1.54) is 54.1 Å². The van der Waals surface area contributed by atoms with Crippen LogP contribution >= 0.6 is 0 Å². The normalized spacial score (nSPS) is 10.5. The fourth-order valence-corrected chi connectivity index (χ4v) is 2.55. The number of ketones is 1. The molecule has 0 aliphatic carbocycles. The Balaban J connectivity index is 1.85. The molecule has 0 saturated carbocycles. The maximum absolute atomic E-state index is 13.1. The second kappa shape index (κ2) is 7.83. The van der Waals surface area contributed by atoms with E-state index in [0.29, 0.717) is 16.7 Å². The van der Waals surface area contributed by atoms with Gasteiger partial charge in [0.05, 0.1) is 6.54 Å². The zero-order valence-electron chi connectivity index (χ0n) is 14.8. The number of rotatable bonds is 6. The van der Waals surface area contributed by atoms with Crippen molar-refractivity contribution in [2.75, 3.05) is 5.32 Å². The van der Waals surface area contributed by atoms with E-state index < -0.39 is 17.7 Å². The maximum atomic E-state index is 13.1. The average Bonchev–Trinajstić information content (AvgIpc) is 3.06. The molecule has 0 bridgehead atoms. The van der Waals surface area contributed by atoms with Crippen molar-refractivity contribution in [3.8, 4) is 0 Å². The number of nitrogens with zero attached hydrogens (tertiary/aromatic N) is 2. The zero-order valence-corrected chi connectivity index (χ0v) is 14.8. The molecule has 0 saturated heterocycles. The Kier molecular flexibility index (Phi) is 5.30. The van der Waals surface area contributed by atoms with Gasteiger partial charge in [0.15, 0.2) is 11.5 Å². The summed E-state index contributed by atoms with van der Waals surface area (Å²) in [5.74, 6) is -2.04. The summed E-state index contributed by atoms with van der Waals surface area (Å²) in [5.41, 5.74) is 1.23. The van der Waals surface area contributed by atoms with Crippen LogP contribution in [0.15, 0.2) is 54.6 Å². The monoisotopic (exact) mass is 381 g/mol. The number of anilines is 1. The molecule has 3 aromatic rings. The fourth-order valence-electron chi connectivity index (χ4n) is 2.55. The summed E-state index contributed by atoms with van der Waals surface area (Å²) in [4.78, 5) is 35.1. The second-order valence-electron chi connectivity index (χ2n) is 6.09. The first-order valence-corrected chi connectivity index (χ1v) is 8.31. The molecule has 1 amide bonds. The Morgan fingerprint density at radius 3 is 2.21 bits per heavy atom. The molecule has 0 radical (unpaired) electrons. The lowest BCUT2D eigenvalue weighted by Gasteiger charge is -2.09. The summed E-state index contributed by atoms with van der Waals surface area (Å²) in [5, 5.41) is 15.8. The van der Waals surface area contributed by atoms with Gasteiger partial charge in [-0.1, -0.05) is 24.3 Å². The van der Waals surface area contributed by atoms with Gasteiger partial charge in [-0.2, -0.15) is 5.10 Å². The van der Waals surface area contributed by atoms with Gasteiger partial charge in [-0.3, -0.25) is 9.59 Å². The van der Waals surface area contributed by atoms with Crippen molar-refractivity contribution in [1.82, 2.24) is 9.78 Å². The lowest BCUT2D eigenvalue weighted by atomic mass is 10.1. The van der Waals surface area contributed by atoms with Crippen LogP contribution in [0.2, 0.25) is 0 Å². The van der Waals surface area contributed by atoms with Gasteiger partial charge in [0, 0.05) is 17.2 Å². The van der Waals surface area contributed by atoms with E-state index in [0.717, 1.165) is 0 Å². The third-order valence-electron chi connectivity index (χ3n) is 4.04. The SMILES string of the molecule is CC(=O)c1ccc(C(=O)Nc2cc(C(=O)O)nn2Cc2ccc(F)cc2)cc1. The van der Waals surface area contributed by atoms with Crippen LogP contribution in [0.3, 0.4) is 0 Å². The first kappa shape index (κ1) is 19.0. The highest BCUT2D eigenvalue weighted by Gasteiger charge is 2.16. The summed E-state index contributed by atoms with van der Waals surface area (Å²) in [6, 6.07) is 13.0. The average molecular weight is 381 g/mol. The van der Waals surface area contributed by atoms with Gasteiger partial charge in [-0.05, 0) is 36.8 Å². The van der Waals surface area contributed by atoms with Gasteiger partial charge in [-0.15, -0.1) is 0 Å². The minimum atomic E-state index is -1.24. The van der Waals surface area contributed by atoms with Crippen molar-refractivity contribution in [1.29, 1.82) is 0 Å². The molecule has 1 aromatic heterocycles. The van der Waals surface area contributed by atoms with Crippen molar-refractivity contribution >= 4 is 23.5 Å². The minimum absolute atomic E-state index is 0.115. The highest BCUT2D eigenvalue weighted by atomic mass is 19.1.